The monoisotopic (exact) mass is 380 g/mol. The zero-order chi connectivity index (χ0) is 19.8. The van der Waals surface area contributed by atoms with Gasteiger partial charge < -0.3 is 29.2 Å². The Hall–Kier alpha value is -2.49. The van der Waals surface area contributed by atoms with Crippen LogP contribution in [-0.4, -0.2) is 70.8 Å². The number of benzene rings is 1. The van der Waals surface area contributed by atoms with Crippen molar-refractivity contribution in [2.24, 2.45) is 0 Å². The second-order valence-corrected chi connectivity index (χ2v) is 6.52. The van der Waals surface area contributed by atoms with Gasteiger partial charge in [-0.05, 0) is 12.1 Å². The molecular weight excluding hydrogens is 360 g/mol. The standard InChI is InChI=1S/C18H20O9/c1-9(19)25-14-12(21)13(22)15-18(27-15,16(14)26-10(2)20)8-24-17(23)11-6-4-3-5-7-11/h3-7,12-16,21-22H,8H2,1-2H3. The molecule has 9 heteroatoms. The van der Waals surface area contributed by atoms with Gasteiger partial charge in [0.25, 0.3) is 0 Å². The number of epoxide rings is 1. The van der Waals surface area contributed by atoms with Crippen LogP contribution in [0.2, 0.25) is 0 Å². The van der Waals surface area contributed by atoms with Crippen LogP contribution < -0.4 is 0 Å². The van der Waals surface area contributed by atoms with E-state index in [1.54, 1.807) is 30.3 Å². The molecule has 2 N–H and O–H groups in total. The van der Waals surface area contributed by atoms with Crippen molar-refractivity contribution in [2.45, 2.75) is 50.0 Å². The molecule has 0 aromatic heterocycles. The van der Waals surface area contributed by atoms with Gasteiger partial charge in [-0.3, -0.25) is 9.59 Å². The highest BCUT2D eigenvalue weighted by Gasteiger charge is 2.75. The Morgan fingerprint density at radius 3 is 2.26 bits per heavy atom. The highest BCUT2D eigenvalue weighted by Crippen LogP contribution is 2.50. The summed E-state index contributed by atoms with van der Waals surface area (Å²) < 4.78 is 21.0. The minimum atomic E-state index is -1.52. The lowest BCUT2D eigenvalue weighted by Gasteiger charge is -2.38. The van der Waals surface area contributed by atoms with Gasteiger partial charge in [0.1, 0.15) is 24.9 Å². The Labute approximate surface area is 154 Å². The predicted octanol–water partition coefficient (Wildman–Crippen LogP) is -0.420. The van der Waals surface area contributed by atoms with Crippen molar-refractivity contribution in [1.29, 1.82) is 0 Å². The number of esters is 3. The highest BCUT2D eigenvalue weighted by atomic mass is 16.7. The van der Waals surface area contributed by atoms with E-state index in [9.17, 15) is 24.6 Å². The molecule has 2 aliphatic rings. The lowest BCUT2D eigenvalue weighted by atomic mass is 9.80. The largest absolute Gasteiger partial charge is 0.459 e. The fourth-order valence-electron chi connectivity index (χ4n) is 3.32. The highest BCUT2D eigenvalue weighted by molar-refractivity contribution is 5.89. The van der Waals surface area contributed by atoms with Crippen LogP contribution in [-0.2, 0) is 28.5 Å². The van der Waals surface area contributed by atoms with Crippen LogP contribution >= 0.6 is 0 Å². The van der Waals surface area contributed by atoms with Crippen molar-refractivity contribution in [1.82, 2.24) is 0 Å². The first-order valence-electron chi connectivity index (χ1n) is 8.37. The second kappa shape index (κ2) is 7.26. The maximum atomic E-state index is 12.2. The summed E-state index contributed by atoms with van der Waals surface area (Å²) in [5, 5.41) is 20.5. The lowest BCUT2D eigenvalue weighted by molar-refractivity contribution is -0.196. The van der Waals surface area contributed by atoms with E-state index in [0.717, 1.165) is 13.8 Å². The normalized spacial score (nSPS) is 34.1. The number of rotatable bonds is 5. The quantitative estimate of drug-likeness (QED) is 0.397. The molecule has 1 aliphatic heterocycles. The number of carbonyl (C=O) groups is 3. The van der Waals surface area contributed by atoms with Crippen LogP contribution in [0.5, 0.6) is 0 Å². The summed E-state index contributed by atoms with van der Waals surface area (Å²) in [6, 6.07) is 8.22. The molecule has 0 amide bonds. The van der Waals surface area contributed by atoms with E-state index in [1.165, 1.54) is 0 Å². The van der Waals surface area contributed by atoms with Crippen LogP contribution in [0.4, 0.5) is 0 Å². The minimum absolute atomic E-state index is 0.308. The van der Waals surface area contributed by atoms with E-state index < -0.39 is 54.0 Å². The number of carbonyl (C=O) groups excluding carboxylic acids is 3. The Morgan fingerprint density at radius 2 is 1.67 bits per heavy atom. The minimum Gasteiger partial charge on any atom is -0.459 e. The molecule has 6 atom stereocenters. The number of hydrogen-bond donors (Lipinski definition) is 2. The van der Waals surface area contributed by atoms with E-state index in [4.69, 9.17) is 18.9 Å². The smallest absolute Gasteiger partial charge is 0.338 e. The molecule has 1 aliphatic carbocycles. The summed E-state index contributed by atoms with van der Waals surface area (Å²) in [6.07, 6.45) is -6.48. The Kier molecular flexibility index (Phi) is 5.18. The van der Waals surface area contributed by atoms with Gasteiger partial charge in [-0.2, -0.15) is 0 Å². The molecule has 146 valence electrons. The molecule has 0 radical (unpaired) electrons. The summed E-state index contributed by atoms with van der Waals surface area (Å²) >= 11 is 0. The molecule has 0 spiro atoms. The fraction of sp³-hybridized carbons (Fsp3) is 0.500. The zero-order valence-electron chi connectivity index (χ0n) is 14.7. The van der Waals surface area contributed by atoms with Gasteiger partial charge in [0.2, 0.25) is 0 Å². The maximum absolute atomic E-state index is 12.2. The Bertz CT molecular complexity index is 734. The van der Waals surface area contributed by atoms with Crippen molar-refractivity contribution in [3.05, 3.63) is 35.9 Å². The molecule has 0 bridgehead atoms. The van der Waals surface area contributed by atoms with Gasteiger partial charge in [0.15, 0.2) is 17.8 Å². The molecule has 9 nitrogen and oxygen atoms in total. The van der Waals surface area contributed by atoms with E-state index in [2.05, 4.69) is 0 Å². The summed E-state index contributed by atoms with van der Waals surface area (Å²) in [5.74, 6) is -2.08. The molecule has 6 unspecified atom stereocenters. The third-order valence-corrected chi connectivity index (χ3v) is 4.58. The van der Waals surface area contributed by atoms with Crippen LogP contribution in [0.1, 0.15) is 24.2 Å². The molecule has 1 heterocycles. The van der Waals surface area contributed by atoms with E-state index in [-0.39, 0.29) is 6.61 Å². The van der Waals surface area contributed by atoms with E-state index in [0.29, 0.717) is 5.56 Å². The molecule has 3 rings (SSSR count). The third kappa shape index (κ3) is 3.66. The topological polar surface area (TPSA) is 132 Å². The lowest BCUT2D eigenvalue weighted by Crippen LogP contribution is -2.62. The number of aliphatic hydroxyl groups excluding tert-OH is 2. The van der Waals surface area contributed by atoms with Gasteiger partial charge in [-0.15, -0.1) is 0 Å². The maximum Gasteiger partial charge on any atom is 0.338 e. The second-order valence-electron chi connectivity index (χ2n) is 6.52. The van der Waals surface area contributed by atoms with Crippen LogP contribution in [0.15, 0.2) is 30.3 Å². The van der Waals surface area contributed by atoms with Crippen molar-refractivity contribution in [2.75, 3.05) is 6.61 Å². The number of hydrogen-bond acceptors (Lipinski definition) is 9. The van der Waals surface area contributed by atoms with Gasteiger partial charge in [0.05, 0.1) is 5.56 Å². The van der Waals surface area contributed by atoms with Crippen molar-refractivity contribution in [3.63, 3.8) is 0 Å². The predicted molar refractivity (Wildman–Crippen MR) is 87.5 cm³/mol. The van der Waals surface area contributed by atoms with Gasteiger partial charge in [-0.25, -0.2) is 4.79 Å². The SMILES string of the molecule is CC(=O)OC1C(O)C(O)C2OC2(COC(=O)c2ccccc2)C1OC(C)=O. The number of aliphatic hydroxyl groups is 2. The molecule has 1 saturated heterocycles. The van der Waals surface area contributed by atoms with E-state index in [1.807, 2.05) is 0 Å². The molecular formula is C18H20O9. The van der Waals surface area contributed by atoms with E-state index >= 15 is 0 Å². The number of ether oxygens (including phenoxy) is 4. The summed E-state index contributed by atoms with van der Waals surface area (Å²) in [4.78, 5) is 35.1. The zero-order valence-corrected chi connectivity index (χ0v) is 14.7. The molecule has 1 aromatic carbocycles. The Balaban J connectivity index is 1.81. The molecule has 1 aromatic rings. The summed E-state index contributed by atoms with van der Waals surface area (Å²) in [5.41, 5.74) is -1.10. The Morgan fingerprint density at radius 1 is 1.04 bits per heavy atom. The number of fused-ring (bicyclic) bond motifs is 1. The average molecular weight is 380 g/mol. The average Bonchev–Trinajstić information content (AvgIpc) is 3.37. The van der Waals surface area contributed by atoms with Crippen molar-refractivity contribution >= 4 is 17.9 Å². The first-order valence-corrected chi connectivity index (χ1v) is 8.37. The molecule has 27 heavy (non-hydrogen) atoms. The summed E-state index contributed by atoms with van der Waals surface area (Å²) in [7, 11) is 0. The third-order valence-electron chi connectivity index (χ3n) is 4.58. The molecule has 1 saturated carbocycles. The van der Waals surface area contributed by atoms with Crippen LogP contribution in [0, 0.1) is 0 Å². The van der Waals surface area contributed by atoms with Crippen molar-refractivity contribution in [3.8, 4) is 0 Å². The molecule has 2 fully saturated rings. The first-order chi connectivity index (χ1) is 12.8. The van der Waals surface area contributed by atoms with Crippen LogP contribution in [0.25, 0.3) is 0 Å². The first kappa shape index (κ1) is 19.3. The van der Waals surface area contributed by atoms with Gasteiger partial charge in [0, 0.05) is 13.8 Å². The van der Waals surface area contributed by atoms with Gasteiger partial charge >= 0.3 is 17.9 Å². The summed E-state index contributed by atoms with van der Waals surface area (Å²) in [6.45, 7) is 1.90. The van der Waals surface area contributed by atoms with Gasteiger partial charge in [-0.1, -0.05) is 18.2 Å². The van der Waals surface area contributed by atoms with Crippen LogP contribution in [0.3, 0.4) is 0 Å². The van der Waals surface area contributed by atoms with Crippen molar-refractivity contribution < 1.29 is 43.5 Å². The fourth-order valence-corrected chi connectivity index (χ4v) is 3.32.